The van der Waals surface area contributed by atoms with Crippen LogP contribution in [-0.4, -0.2) is 64.9 Å². The number of hydrogen-bond donors (Lipinski definition) is 3. The van der Waals surface area contributed by atoms with Gasteiger partial charge in [-0.15, -0.1) is 0 Å². The van der Waals surface area contributed by atoms with Crippen molar-refractivity contribution in [1.29, 1.82) is 5.26 Å². The number of piperidine rings is 1. The normalized spacial score (nSPS) is 28.5. The van der Waals surface area contributed by atoms with Crippen LogP contribution in [0.15, 0.2) is 0 Å². The van der Waals surface area contributed by atoms with Crippen molar-refractivity contribution in [3.63, 3.8) is 0 Å². The van der Waals surface area contributed by atoms with E-state index >= 15 is 0 Å². The van der Waals surface area contributed by atoms with E-state index in [-0.39, 0.29) is 36.2 Å². The molecule has 12 heteroatoms. The number of carbonyl (C=O) groups excluding carboxylic acids is 4. The first-order valence-corrected chi connectivity index (χ1v) is 13.1. The largest absolute Gasteiger partial charge is 0.471 e. The Morgan fingerprint density at radius 1 is 1.16 bits per heavy atom. The molecule has 0 aromatic heterocycles. The minimum absolute atomic E-state index is 0.000486. The molecule has 38 heavy (non-hydrogen) atoms. The molecule has 3 N–H and O–H groups in total. The molecule has 212 valence electrons. The third-order valence-corrected chi connectivity index (χ3v) is 8.03. The third kappa shape index (κ3) is 6.59. The van der Waals surface area contributed by atoms with Gasteiger partial charge in [0.2, 0.25) is 17.7 Å². The molecule has 3 aliphatic rings. The van der Waals surface area contributed by atoms with Gasteiger partial charge in [-0.1, -0.05) is 27.2 Å². The number of alkyl halides is 3. The number of nitrogens with one attached hydrogen (secondary N) is 3. The van der Waals surface area contributed by atoms with E-state index < -0.39 is 53.4 Å². The van der Waals surface area contributed by atoms with Gasteiger partial charge >= 0.3 is 12.1 Å². The van der Waals surface area contributed by atoms with Crippen LogP contribution in [0.25, 0.3) is 0 Å². The van der Waals surface area contributed by atoms with Crippen LogP contribution in [0.4, 0.5) is 13.2 Å². The first kappa shape index (κ1) is 29.7. The van der Waals surface area contributed by atoms with E-state index in [9.17, 15) is 37.6 Å². The van der Waals surface area contributed by atoms with Crippen LogP contribution < -0.4 is 16.0 Å². The van der Waals surface area contributed by atoms with Crippen molar-refractivity contribution in [2.45, 2.75) is 103 Å². The molecule has 6 atom stereocenters. The summed E-state index contributed by atoms with van der Waals surface area (Å²) in [6.45, 7) is 8.64. The number of nitrogens with zero attached hydrogens (tertiary/aromatic N) is 2. The zero-order chi connectivity index (χ0) is 28.6. The van der Waals surface area contributed by atoms with Gasteiger partial charge in [0.1, 0.15) is 18.1 Å². The fourth-order valence-electron chi connectivity index (χ4n) is 5.97. The monoisotopic (exact) mass is 541 g/mol. The molecule has 2 saturated heterocycles. The molecule has 0 aromatic rings. The van der Waals surface area contributed by atoms with E-state index in [1.807, 2.05) is 25.2 Å². The van der Waals surface area contributed by atoms with Gasteiger partial charge in [0.25, 0.3) is 0 Å². The first-order chi connectivity index (χ1) is 17.4. The molecule has 9 nitrogen and oxygen atoms in total. The maximum Gasteiger partial charge on any atom is 0.471 e. The summed E-state index contributed by atoms with van der Waals surface area (Å²) in [7, 11) is 0. The SMILES string of the molecule is CC1(C)CC[C@@H](C[C@@H](C#N)NC(=O)[C@@H]2[C@H]3CCC[C@H]3CN2C(=O)[C@@H](NC(=O)C(F)(F)F)C(C)(C)C)C(=O)N1. The Bertz CT molecular complexity index is 1000. The lowest BCUT2D eigenvalue weighted by Crippen LogP contribution is -2.60. The number of fused-ring (bicyclic) bond motifs is 1. The highest BCUT2D eigenvalue weighted by molar-refractivity contribution is 5.94. The Morgan fingerprint density at radius 2 is 1.82 bits per heavy atom. The summed E-state index contributed by atoms with van der Waals surface area (Å²) >= 11 is 0. The van der Waals surface area contributed by atoms with Gasteiger partial charge in [0.05, 0.1) is 6.07 Å². The second kappa shape index (κ2) is 10.7. The quantitative estimate of drug-likeness (QED) is 0.475. The van der Waals surface area contributed by atoms with Gasteiger partial charge in [0, 0.05) is 18.0 Å². The molecule has 4 amide bonds. The molecule has 0 unspecified atom stereocenters. The summed E-state index contributed by atoms with van der Waals surface area (Å²) in [4.78, 5) is 52.7. The fraction of sp³-hybridized carbons (Fsp3) is 0.808. The van der Waals surface area contributed by atoms with Gasteiger partial charge in [-0.25, -0.2) is 0 Å². The van der Waals surface area contributed by atoms with Gasteiger partial charge < -0.3 is 20.9 Å². The van der Waals surface area contributed by atoms with Gasteiger partial charge in [-0.3, -0.25) is 19.2 Å². The lowest BCUT2D eigenvalue weighted by Gasteiger charge is -2.37. The molecule has 2 heterocycles. The topological polar surface area (TPSA) is 131 Å². The molecule has 0 radical (unpaired) electrons. The Labute approximate surface area is 221 Å². The summed E-state index contributed by atoms with van der Waals surface area (Å²) in [5.74, 6) is -4.37. The standard InChI is InChI=1S/C26H38F3N5O4/c1-24(2,3)19(32-23(38)26(27,28)29)22(37)34-13-15-7-6-8-17(15)18(34)21(36)31-16(12-30)11-14-9-10-25(4,5)33-20(14)35/h14-19H,6-11,13H2,1-5H3,(H,31,36)(H,32,38)(H,33,35)/t14-,15-,16-,17-,18-,19+/m0/s1. The predicted molar refractivity (Wildman–Crippen MR) is 131 cm³/mol. The molecule has 0 bridgehead atoms. The Hall–Kier alpha value is -2.84. The average molecular weight is 542 g/mol. The fourth-order valence-corrected chi connectivity index (χ4v) is 5.97. The first-order valence-electron chi connectivity index (χ1n) is 13.1. The third-order valence-electron chi connectivity index (χ3n) is 8.03. The number of likely N-dealkylation sites (tertiary alicyclic amines) is 1. The zero-order valence-electron chi connectivity index (χ0n) is 22.6. The number of rotatable bonds is 6. The van der Waals surface area contributed by atoms with Crippen LogP contribution in [0.5, 0.6) is 0 Å². The zero-order valence-corrected chi connectivity index (χ0v) is 22.6. The maximum absolute atomic E-state index is 13.6. The average Bonchev–Trinajstić information content (AvgIpc) is 3.37. The van der Waals surface area contributed by atoms with Crippen LogP contribution >= 0.6 is 0 Å². The number of nitriles is 1. The lowest BCUT2D eigenvalue weighted by atomic mass is 9.83. The Morgan fingerprint density at radius 3 is 2.37 bits per heavy atom. The number of halogens is 3. The summed E-state index contributed by atoms with van der Waals surface area (Å²) in [6, 6.07) is -1.41. The van der Waals surface area contributed by atoms with E-state index in [1.165, 1.54) is 4.90 Å². The molecular formula is C26H38F3N5O4. The molecule has 1 saturated carbocycles. The van der Waals surface area contributed by atoms with E-state index in [4.69, 9.17) is 0 Å². The summed E-state index contributed by atoms with van der Waals surface area (Å²) in [5.41, 5.74) is -1.40. The summed E-state index contributed by atoms with van der Waals surface area (Å²) < 4.78 is 39.0. The summed E-state index contributed by atoms with van der Waals surface area (Å²) in [5, 5.41) is 17.2. The molecule has 0 spiro atoms. The summed E-state index contributed by atoms with van der Waals surface area (Å²) in [6.07, 6.45) is -1.46. The van der Waals surface area contributed by atoms with Crippen LogP contribution in [-0.2, 0) is 19.2 Å². The van der Waals surface area contributed by atoms with Crippen molar-refractivity contribution in [2.75, 3.05) is 6.54 Å². The lowest BCUT2D eigenvalue weighted by molar-refractivity contribution is -0.176. The highest BCUT2D eigenvalue weighted by Gasteiger charge is 2.53. The Kier molecular flexibility index (Phi) is 8.39. The Balaban J connectivity index is 1.79. The molecular weight excluding hydrogens is 503 g/mol. The van der Waals surface area contributed by atoms with Gasteiger partial charge in [-0.05, 0) is 63.2 Å². The minimum Gasteiger partial charge on any atom is -0.351 e. The number of carbonyl (C=O) groups is 4. The van der Waals surface area contributed by atoms with Gasteiger partial charge in [-0.2, -0.15) is 18.4 Å². The highest BCUT2D eigenvalue weighted by atomic mass is 19.4. The molecule has 3 rings (SSSR count). The molecule has 1 aliphatic carbocycles. The molecule has 0 aromatic carbocycles. The smallest absolute Gasteiger partial charge is 0.351 e. The van der Waals surface area contributed by atoms with E-state index in [1.54, 1.807) is 20.8 Å². The van der Waals surface area contributed by atoms with E-state index in [2.05, 4.69) is 10.6 Å². The van der Waals surface area contributed by atoms with Crippen LogP contribution in [0.1, 0.15) is 73.1 Å². The van der Waals surface area contributed by atoms with Crippen LogP contribution in [0.2, 0.25) is 0 Å². The minimum atomic E-state index is -5.16. The number of hydrogen-bond acceptors (Lipinski definition) is 5. The van der Waals surface area contributed by atoms with Gasteiger partial charge in [0.15, 0.2) is 0 Å². The second-order valence-corrected chi connectivity index (χ2v) is 12.6. The van der Waals surface area contributed by atoms with Crippen molar-refractivity contribution in [1.82, 2.24) is 20.9 Å². The van der Waals surface area contributed by atoms with Crippen molar-refractivity contribution < 1.29 is 32.3 Å². The van der Waals surface area contributed by atoms with Crippen molar-refractivity contribution in [3.05, 3.63) is 0 Å². The van der Waals surface area contributed by atoms with Crippen LogP contribution in [0, 0.1) is 34.5 Å². The van der Waals surface area contributed by atoms with Crippen molar-refractivity contribution in [3.8, 4) is 6.07 Å². The maximum atomic E-state index is 13.6. The van der Waals surface area contributed by atoms with E-state index in [0.717, 1.165) is 19.3 Å². The predicted octanol–water partition coefficient (Wildman–Crippen LogP) is 2.41. The highest BCUT2D eigenvalue weighted by Crippen LogP contribution is 2.43. The van der Waals surface area contributed by atoms with E-state index in [0.29, 0.717) is 12.8 Å². The molecule has 2 aliphatic heterocycles. The van der Waals surface area contributed by atoms with Crippen LogP contribution in [0.3, 0.4) is 0 Å². The van der Waals surface area contributed by atoms with Crippen molar-refractivity contribution in [2.24, 2.45) is 23.2 Å². The molecule has 3 fully saturated rings. The van der Waals surface area contributed by atoms with Crippen molar-refractivity contribution >= 4 is 23.6 Å². The second-order valence-electron chi connectivity index (χ2n) is 12.6. The number of amides is 4.